The average molecular weight is 437 g/mol. The molecule has 0 radical (unpaired) electrons. The quantitative estimate of drug-likeness (QED) is 0.603. The van der Waals surface area contributed by atoms with Crippen LogP contribution in [0.2, 0.25) is 0 Å². The Morgan fingerprint density at radius 1 is 1.12 bits per heavy atom. The summed E-state index contributed by atoms with van der Waals surface area (Å²) in [6, 6.07) is 11.6. The number of anilines is 2. The zero-order valence-corrected chi connectivity index (χ0v) is 18.7. The summed E-state index contributed by atoms with van der Waals surface area (Å²) in [6.07, 6.45) is 0. The lowest BCUT2D eigenvalue weighted by Crippen LogP contribution is -2.38. The van der Waals surface area contributed by atoms with E-state index in [4.69, 9.17) is 9.47 Å². The minimum Gasteiger partial charge on any atom is -0.493 e. The Labute approximate surface area is 187 Å². The number of morpholine rings is 1. The van der Waals surface area contributed by atoms with Gasteiger partial charge in [-0.2, -0.15) is 15.0 Å². The molecule has 1 fully saturated rings. The van der Waals surface area contributed by atoms with Crippen LogP contribution >= 0.6 is 0 Å². The van der Waals surface area contributed by atoms with Crippen LogP contribution in [0.1, 0.15) is 23.1 Å². The van der Waals surface area contributed by atoms with Crippen LogP contribution in [0.5, 0.6) is 5.75 Å². The van der Waals surface area contributed by atoms with Gasteiger partial charge in [0.1, 0.15) is 5.75 Å². The molecule has 1 N–H and O–H groups in total. The van der Waals surface area contributed by atoms with Gasteiger partial charge >= 0.3 is 0 Å². The zero-order chi connectivity index (χ0) is 22.5. The maximum atomic E-state index is 13.2. The highest BCUT2D eigenvalue weighted by molar-refractivity contribution is 6.09. The van der Waals surface area contributed by atoms with Crippen molar-refractivity contribution in [1.29, 1.82) is 0 Å². The van der Waals surface area contributed by atoms with Crippen LogP contribution in [0.4, 0.5) is 11.9 Å². The van der Waals surface area contributed by atoms with Gasteiger partial charge in [-0.1, -0.05) is 30.3 Å². The first-order valence-electron chi connectivity index (χ1n) is 10.7. The van der Waals surface area contributed by atoms with E-state index in [9.17, 15) is 4.79 Å². The molecule has 9 heteroatoms. The lowest BCUT2D eigenvalue weighted by atomic mass is 10.0. The van der Waals surface area contributed by atoms with Crippen LogP contribution in [0.25, 0.3) is 10.8 Å². The fourth-order valence-corrected chi connectivity index (χ4v) is 3.59. The molecule has 2 aromatic carbocycles. The fourth-order valence-electron chi connectivity index (χ4n) is 3.59. The summed E-state index contributed by atoms with van der Waals surface area (Å²) in [5, 5.41) is 4.79. The number of nitrogens with zero attached hydrogens (tertiary/aromatic N) is 5. The molecule has 1 aromatic heterocycles. The highest BCUT2D eigenvalue weighted by Gasteiger charge is 2.20. The van der Waals surface area contributed by atoms with Gasteiger partial charge in [-0.05, 0) is 23.8 Å². The number of amides is 1. The van der Waals surface area contributed by atoms with Crippen LogP contribution in [0.3, 0.4) is 0 Å². The molecule has 168 valence electrons. The lowest BCUT2D eigenvalue weighted by Gasteiger charge is -2.27. The fraction of sp³-hybridized carbons (Fsp3) is 0.391. The van der Waals surface area contributed by atoms with Crippen molar-refractivity contribution in [2.75, 3.05) is 56.8 Å². The summed E-state index contributed by atoms with van der Waals surface area (Å²) in [6.45, 7) is 5.26. The Bertz CT molecular complexity index is 1100. The van der Waals surface area contributed by atoms with Gasteiger partial charge in [-0.25, -0.2) is 0 Å². The van der Waals surface area contributed by atoms with Crippen molar-refractivity contribution in [3.8, 4) is 5.75 Å². The first-order valence-corrected chi connectivity index (χ1v) is 10.7. The highest BCUT2D eigenvalue weighted by Crippen LogP contribution is 2.28. The standard InChI is InChI=1S/C23H28N6O3/c1-4-32-18-10-9-16-7-5-6-8-17(16)20(18)21(30)24-15-19-25-22(28(2)3)27-23(26-19)29-11-13-31-14-12-29/h5-10H,4,11-15H2,1-3H3,(H,24,30). The number of aromatic nitrogens is 3. The predicted molar refractivity (Wildman–Crippen MR) is 123 cm³/mol. The Morgan fingerprint density at radius 3 is 2.66 bits per heavy atom. The van der Waals surface area contributed by atoms with Crippen molar-refractivity contribution in [2.45, 2.75) is 13.5 Å². The molecule has 0 unspecified atom stereocenters. The number of ether oxygens (including phenoxy) is 2. The van der Waals surface area contributed by atoms with Crippen molar-refractivity contribution in [1.82, 2.24) is 20.3 Å². The normalized spacial score (nSPS) is 13.8. The summed E-state index contributed by atoms with van der Waals surface area (Å²) < 4.78 is 11.2. The maximum absolute atomic E-state index is 13.2. The van der Waals surface area contributed by atoms with E-state index in [0.29, 0.717) is 48.9 Å². The van der Waals surface area contributed by atoms with E-state index in [1.807, 2.05) is 62.3 Å². The van der Waals surface area contributed by atoms with Crippen molar-refractivity contribution < 1.29 is 14.3 Å². The first kappa shape index (κ1) is 21.8. The molecule has 1 amide bonds. The van der Waals surface area contributed by atoms with Crippen LogP contribution in [0, 0.1) is 0 Å². The van der Waals surface area contributed by atoms with Gasteiger partial charge in [-0.3, -0.25) is 4.79 Å². The Morgan fingerprint density at radius 2 is 1.91 bits per heavy atom. The minimum absolute atomic E-state index is 0.175. The molecule has 2 heterocycles. The van der Waals surface area contributed by atoms with Gasteiger partial charge in [0.25, 0.3) is 5.91 Å². The van der Waals surface area contributed by atoms with Gasteiger partial charge in [-0.15, -0.1) is 0 Å². The number of fused-ring (bicyclic) bond motifs is 1. The highest BCUT2D eigenvalue weighted by atomic mass is 16.5. The molecule has 4 rings (SSSR count). The van der Waals surface area contributed by atoms with Crippen LogP contribution in [0.15, 0.2) is 36.4 Å². The predicted octanol–water partition coefficient (Wildman–Crippen LogP) is 2.26. The van der Waals surface area contributed by atoms with Gasteiger partial charge < -0.3 is 24.6 Å². The number of nitrogens with one attached hydrogen (secondary N) is 1. The van der Waals surface area contributed by atoms with E-state index in [2.05, 4.69) is 25.2 Å². The number of hydrogen-bond acceptors (Lipinski definition) is 8. The Kier molecular flexibility index (Phi) is 6.65. The maximum Gasteiger partial charge on any atom is 0.256 e. The molecular weight excluding hydrogens is 408 g/mol. The molecule has 0 bridgehead atoms. The Hall–Kier alpha value is -3.46. The van der Waals surface area contributed by atoms with Crippen molar-refractivity contribution >= 4 is 28.6 Å². The minimum atomic E-state index is -0.231. The van der Waals surface area contributed by atoms with Crippen LogP contribution < -0.4 is 19.9 Å². The molecular formula is C23H28N6O3. The lowest BCUT2D eigenvalue weighted by molar-refractivity contribution is 0.0948. The molecule has 1 aliphatic rings. The van der Waals surface area contributed by atoms with E-state index >= 15 is 0 Å². The van der Waals surface area contributed by atoms with Gasteiger partial charge in [0.2, 0.25) is 11.9 Å². The van der Waals surface area contributed by atoms with Crippen LogP contribution in [-0.4, -0.2) is 67.9 Å². The molecule has 1 saturated heterocycles. The molecule has 0 spiro atoms. The smallest absolute Gasteiger partial charge is 0.256 e. The van der Waals surface area contributed by atoms with E-state index in [0.717, 1.165) is 23.9 Å². The largest absolute Gasteiger partial charge is 0.493 e. The average Bonchev–Trinajstić information content (AvgIpc) is 2.83. The molecule has 0 atom stereocenters. The van der Waals surface area contributed by atoms with E-state index < -0.39 is 0 Å². The molecule has 32 heavy (non-hydrogen) atoms. The van der Waals surface area contributed by atoms with Crippen molar-refractivity contribution in [2.24, 2.45) is 0 Å². The molecule has 1 aliphatic heterocycles. The summed E-state index contributed by atoms with van der Waals surface area (Å²) in [5.41, 5.74) is 0.514. The molecule has 9 nitrogen and oxygen atoms in total. The van der Waals surface area contributed by atoms with Gasteiger partial charge in [0, 0.05) is 27.2 Å². The van der Waals surface area contributed by atoms with Gasteiger partial charge in [0.05, 0.1) is 31.9 Å². The monoisotopic (exact) mass is 436 g/mol. The van der Waals surface area contributed by atoms with Crippen molar-refractivity contribution in [3.63, 3.8) is 0 Å². The molecule has 3 aromatic rings. The van der Waals surface area contributed by atoms with E-state index in [1.54, 1.807) is 0 Å². The molecule has 0 saturated carbocycles. The van der Waals surface area contributed by atoms with E-state index in [-0.39, 0.29) is 12.5 Å². The van der Waals surface area contributed by atoms with Crippen molar-refractivity contribution in [3.05, 3.63) is 47.8 Å². The number of hydrogen-bond donors (Lipinski definition) is 1. The topological polar surface area (TPSA) is 92.7 Å². The second kappa shape index (κ2) is 9.78. The second-order valence-corrected chi connectivity index (χ2v) is 7.62. The SMILES string of the molecule is CCOc1ccc2ccccc2c1C(=O)NCc1nc(N(C)C)nc(N2CCOCC2)n1. The molecule has 0 aliphatic carbocycles. The number of benzene rings is 2. The Balaban J connectivity index is 1.60. The zero-order valence-electron chi connectivity index (χ0n) is 18.7. The summed E-state index contributed by atoms with van der Waals surface area (Å²) in [4.78, 5) is 30.8. The third-order valence-corrected chi connectivity index (χ3v) is 5.18. The summed E-state index contributed by atoms with van der Waals surface area (Å²) in [7, 11) is 3.76. The number of carbonyl (C=O) groups excluding carboxylic acids is 1. The third-order valence-electron chi connectivity index (χ3n) is 5.18. The number of rotatable bonds is 7. The summed E-state index contributed by atoms with van der Waals surface area (Å²) in [5.74, 6) is 1.96. The first-order chi connectivity index (χ1) is 15.6. The summed E-state index contributed by atoms with van der Waals surface area (Å²) >= 11 is 0. The van der Waals surface area contributed by atoms with Crippen LogP contribution in [-0.2, 0) is 11.3 Å². The number of carbonyl (C=O) groups is 1. The second-order valence-electron chi connectivity index (χ2n) is 7.62. The third kappa shape index (κ3) is 4.72. The van der Waals surface area contributed by atoms with E-state index in [1.165, 1.54) is 0 Å². The van der Waals surface area contributed by atoms with Gasteiger partial charge in [0.15, 0.2) is 5.82 Å².